The van der Waals surface area contributed by atoms with Crippen LogP contribution >= 0.6 is 0 Å². The van der Waals surface area contributed by atoms with Gasteiger partial charge in [0.25, 0.3) is 0 Å². The first-order valence-electron chi connectivity index (χ1n) is 6.67. The highest BCUT2D eigenvalue weighted by molar-refractivity contribution is 5.95. The van der Waals surface area contributed by atoms with Crippen LogP contribution in [0.5, 0.6) is 0 Å². The van der Waals surface area contributed by atoms with Crippen LogP contribution in [-0.2, 0) is 4.79 Å². The zero-order chi connectivity index (χ0) is 15.6. The number of aliphatic hydroxyl groups excluding tert-OH is 1. The number of rotatable bonds is 3. The first-order chi connectivity index (χ1) is 9.83. The number of hydrogen-bond donors (Lipinski definition) is 1. The second kappa shape index (κ2) is 5.52. The summed E-state index contributed by atoms with van der Waals surface area (Å²) in [6.07, 6.45) is 1.74. The maximum Gasteiger partial charge on any atom is 0.227 e. The minimum absolute atomic E-state index is 0.0483. The van der Waals surface area contributed by atoms with Crippen LogP contribution in [0, 0.1) is 10.1 Å². The van der Waals surface area contributed by atoms with E-state index in [1.807, 2.05) is 30.3 Å². The number of ketones is 1. The van der Waals surface area contributed by atoms with Crippen molar-refractivity contribution in [2.45, 2.75) is 32.2 Å². The van der Waals surface area contributed by atoms with E-state index in [0.717, 1.165) is 5.56 Å². The Balaban J connectivity index is 2.53. The molecule has 0 spiro atoms. The number of carbonyl (C=O) groups is 1. The van der Waals surface area contributed by atoms with E-state index in [2.05, 4.69) is 0 Å². The Morgan fingerprint density at radius 2 is 1.95 bits per heavy atom. The molecule has 0 aromatic heterocycles. The number of nitro groups is 1. The molecule has 5 heteroatoms. The Hall–Kier alpha value is -2.43. The van der Waals surface area contributed by atoms with Crippen LogP contribution in [0.4, 0.5) is 0 Å². The summed E-state index contributed by atoms with van der Waals surface area (Å²) in [7, 11) is 0. The van der Waals surface area contributed by atoms with Gasteiger partial charge in [0.15, 0.2) is 5.78 Å². The summed E-state index contributed by atoms with van der Waals surface area (Å²) in [5, 5.41) is 21.6. The van der Waals surface area contributed by atoms with Crippen LogP contribution in [0.3, 0.4) is 0 Å². The molecule has 0 bridgehead atoms. The van der Waals surface area contributed by atoms with Crippen molar-refractivity contribution in [3.05, 3.63) is 62.9 Å². The van der Waals surface area contributed by atoms with Gasteiger partial charge in [0.05, 0.1) is 6.42 Å². The van der Waals surface area contributed by atoms with Crippen LogP contribution in [0.1, 0.15) is 32.3 Å². The van der Waals surface area contributed by atoms with Gasteiger partial charge in [-0.05, 0) is 18.6 Å². The van der Waals surface area contributed by atoms with Gasteiger partial charge in [-0.15, -0.1) is 0 Å². The van der Waals surface area contributed by atoms with Crippen LogP contribution in [0.2, 0.25) is 0 Å². The van der Waals surface area contributed by atoms with Gasteiger partial charge in [-0.3, -0.25) is 14.9 Å². The molecule has 5 nitrogen and oxygen atoms in total. The van der Waals surface area contributed by atoms with Gasteiger partial charge in [0.1, 0.15) is 5.76 Å². The summed E-state index contributed by atoms with van der Waals surface area (Å²) in [5.74, 6) is -0.454. The molecule has 0 aliphatic heterocycles. The lowest BCUT2D eigenvalue weighted by atomic mass is 9.78. The van der Waals surface area contributed by atoms with Gasteiger partial charge in [-0.1, -0.05) is 30.3 Å². The van der Waals surface area contributed by atoms with Gasteiger partial charge in [-0.25, -0.2) is 0 Å². The van der Waals surface area contributed by atoms with Crippen LogP contribution in [0.25, 0.3) is 6.08 Å². The molecule has 1 aliphatic rings. The van der Waals surface area contributed by atoms with E-state index in [-0.39, 0.29) is 34.9 Å². The molecule has 0 saturated carbocycles. The highest BCUT2D eigenvalue weighted by Crippen LogP contribution is 2.38. The highest BCUT2D eigenvalue weighted by Gasteiger charge is 2.45. The predicted molar refractivity (Wildman–Crippen MR) is 79.4 cm³/mol. The van der Waals surface area contributed by atoms with E-state index in [1.165, 1.54) is 13.8 Å². The van der Waals surface area contributed by atoms with E-state index in [1.54, 1.807) is 6.08 Å². The van der Waals surface area contributed by atoms with Crippen molar-refractivity contribution >= 4 is 11.9 Å². The number of hydrogen-bond acceptors (Lipinski definition) is 4. The third-order valence-corrected chi connectivity index (χ3v) is 3.73. The lowest BCUT2D eigenvalue weighted by Gasteiger charge is -2.28. The Bertz CT molecular complexity index is 646. The molecule has 0 fully saturated rings. The molecule has 2 rings (SSSR count). The number of carbonyl (C=O) groups excluding carboxylic acids is 1. The van der Waals surface area contributed by atoms with Crippen LogP contribution in [0.15, 0.2) is 47.2 Å². The van der Waals surface area contributed by atoms with Crippen molar-refractivity contribution in [3.8, 4) is 0 Å². The lowest BCUT2D eigenvalue weighted by molar-refractivity contribution is -0.564. The Morgan fingerprint density at radius 3 is 2.48 bits per heavy atom. The van der Waals surface area contributed by atoms with Gasteiger partial charge in [0, 0.05) is 29.4 Å². The van der Waals surface area contributed by atoms with Crippen molar-refractivity contribution < 1.29 is 14.8 Å². The third-order valence-electron chi connectivity index (χ3n) is 3.73. The van der Waals surface area contributed by atoms with E-state index >= 15 is 0 Å². The van der Waals surface area contributed by atoms with Crippen molar-refractivity contribution in [2.24, 2.45) is 0 Å². The van der Waals surface area contributed by atoms with E-state index in [0.29, 0.717) is 5.57 Å². The Labute approximate surface area is 122 Å². The molecule has 1 N–H and O–H groups in total. The fourth-order valence-corrected chi connectivity index (χ4v) is 2.51. The molecular weight excluding hydrogens is 270 g/mol. The molecule has 110 valence electrons. The summed E-state index contributed by atoms with van der Waals surface area (Å²) in [6, 6.07) is 9.22. The molecule has 0 heterocycles. The van der Waals surface area contributed by atoms with Crippen molar-refractivity contribution in [1.82, 2.24) is 0 Å². The maximum absolute atomic E-state index is 11.6. The monoisotopic (exact) mass is 287 g/mol. The minimum atomic E-state index is -1.27. The highest BCUT2D eigenvalue weighted by atomic mass is 16.6. The van der Waals surface area contributed by atoms with Crippen molar-refractivity contribution in [2.75, 3.05) is 0 Å². The molecule has 1 aromatic rings. The Kier molecular flexibility index (Phi) is 3.93. The zero-order valence-corrected chi connectivity index (χ0v) is 12.0. The quantitative estimate of drug-likeness (QED) is 0.683. The molecule has 21 heavy (non-hydrogen) atoms. The molecule has 1 aromatic carbocycles. The first-order valence-corrected chi connectivity index (χ1v) is 6.67. The summed E-state index contributed by atoms with van der Waals surface area (Å²) in [5.41, 5.74) is 0.113. The lowest BCUT2D eigenvalue weighted by Crippen LogP contribution is -2.39. The fourth-order valence-electron chi connectivity index (χ4n) is 2.51. The third kappa shape index (κ3) is 3.02. The normalized spacial score (nSPS) is 24.2. The van der Waals surface area contributed by atoms with Gasteiger partial charge >= 0.3 is 0 Å². The molecule has 0 radical (unpaired) electrons. The van der Waals surface area contributed by atoms with Gasteiger partial charge < -0.3 is 5.11 Å². The zero-order valence-electron chi connectivity index (χ0n) is 12.0. The summed E-state index contributed by atoms with van der Waals surface area (Å²) >= 11 is 0. The summed E-state index contributed by atoms with van der Waals surface area (Å²) in [4.78, 5) is 22.6. The van der Waals surface area contributed by atoms with Crippen molar-refractivity contribution in [3.63, 3.8) is 0 Å². The molecule has 0 saturated heterocycles. The number of aliphatic hydroxyl groups is 1. The number of nitrogens with zero attached hydrogens (tertiary/aromatic N) is 1. The second-order valence-corrected chi connectivity index (χ2v) is 5.57. The molecule has 1 aliphatic carbocycles. The fraction of sp³-hybridized carbons (Fsp3) is 0.312. The van der Waals surface area contributed by atoms with Crippen molar-refractivity contribution in [1.29, 1.82) is 0 Å². The van der Waals surface area contributed by atoms with E-state index < -0.39 is 5.54 Å². The number of Topliss-reactive ketones (excluding diaryl/α,β-unsaturated/α-hetero) is 1. The van der Waals surface area contributed by atoms with E-state index in [9.17, 15) is 20.0 Å². The molecular formula is C16H17NO4. The molecule has 0 amide bonds. The number of benzene rings is 1. The van der Waals surface area contributed by atoms with Crippen LogP contribution < -0.4 is 0 Å². The largest absolute Gasteiger partial charge is 0.507 e. The SMILES string of the molecule is CC(=O)C1=C(O)/C(=C\c2ccccc2)CC(C)([N+](=O)[O-])C1. The summed E-state index contributed by atoms with van der Waals surface area (Å²) < 4.78 is 0. The second-order valence-electron chi connectivity index (χ2n) is 5.57. The maximum atomic E-state index is 11.6. The predicted octanol–water partition coefficient (Wildman–Crippen LogP) is 3.30. The summed E-state index contributed by atoms with van der Waals surface area (Å²) in [6.45, 7) is 2.82. The topological polar surface area (TPSA) is 80.4 Å². The first kappa shape index (κ1) is 15.0. The molecule has 1 unspecified atom stereocenters. The standard InChI is InChI=1S/C16H17NO4/c1-11(18)14-10-16(2,17(20)21)9-13(15(14)19)8-12-6-4-3-5-7-12/h3-8,19H,9-10H2,1-2H3/b13-8-. The minimum Gasteiger partial charge on any atom is -0.507 e. The molecule has 1 atom stereocenters. The van der Waals surface area contributed by atoms with Gasteiger partial charge in [-0.2, -0.15) is 0 Å². The average Bonchev–Trinajstić information content (AvgIpc) is 2.43. The van der Waals surface area contributed by atoms with Crippen LogP contribution in [-0.4, -0.2) is 21.4 Å². The average molecular weight is 287 g/mol. The smallest absolute Gasteiger partial charge is 0.227 e. The van der Waals surface area contributed by atoms with E-state index in [4.69, 9.17) is 0 Å². The Morgan fingerprint density at radius 1 is 1.33 bits per heavy atom. The van der Waals surface area contributed by atoms with Gasteiger partial charge in [0.2, 0.25) is 5.54 Å². The number of allylic oxidation sites excluding steroid dienone is 1.